The van der Waals surface area contributed by atoms with Crippen molar-refractivity contribution in [2.45, 2.75) is 64.8 Å². The molecule has 0 bridgehead atoms. The van der Waals surface area contributed by atoms with E-state index in [1.807, 2.05) is 9.80 Å². The number of hydrogen-bond donors (Lipinski definition) is 0. The molecule has 1 aromatic rings. The first kappa shape index (κ1) is 18.5. The molecule has 3 aliphatic rings. The normalized spacial score (nSPS) is 25.7. The zero-order valence-electron chi connectivity index (χ0n) is 16.7. The summed E-state index contributed by atoms with van der Waals surface area (Å²) in [7, 11) is 0. The molecule has 0 aromatic heterocycles. The standard InChI is InChI=1S/C23H32N2O2/c1-17(2)20-8-6-19(7-9-20)15-24-12-3-10-23(22(24)27)11-13-25(16-23)21(26)14-18-4-5-18/h6-9,17-18H,3-5,10-16H2,1-2H3. The van der Waals surface area contributed by atoms with Gasteiger partial charge in [0.05, 0.1) is 5.41 Å². The Morgan fingerprint density at radius 1 is 1.15 bits per heavy atom. The second-order valence-corrected chi connectivity index (χ2v) is 9.22. The summed E-state index contributed by atoms with van der Waals surface area (Å²) in [5.41, 5.74) is 2.21. The smallest absolute Gasteiger partial charge is 0.230 e. The van der Waals surface area contributed by atoms with Gasteiger partial charge in [0.15, 0.2) is 0 Å². The molecule has 1 aliphatic carbocycles. The molecule has 1 saturated carbocycles. The maximum Gasteiger partial charge on any atom is 0.230 e. The highest BCUT2D eigenvalue weighted by atomic mass is 16.2. The average Bonchev–Trinajstić information content (AvgIpc) is 3.36. The third-order valence-electron chi connectivity index (χ3n) is 6.71. The van der Waals surface area contributed by atoms with E-state index >= 15 is 0 Å². The molecule has 3 fully saturated rings. The predicted molar refractivity (Wildman–Crippen MR) is 106 cm³/mol. The van der Waals surface area contributed by atoms with Crippen molar-refractivity contribution < 1.29 is 9.59 Å². The average molecular weight is 369 g/mol. The van der Waals surface area contributed by atoms with Crippen molar-refractivity contribution in [2.75, 3.05) is 19.6 Å². The van der Waals surface area contributed by atoms with Crippen LogP contribution in [-0.4, -0.2) is 41.2 Å². The molecule has 1 spiro atoms. The van der Waals surface area contributed by atoms with Crippen molar-refractivity contribution in [3.63, 3.8) is 0 Å². The first-order chi connectivity index (χ1) is 13.0. The van der Waals surface area contributed by atoms with E-state index < -0.39 is 0 Å². The quantitative estimate of drug-likeness (QED) is 0.789. The summed E-state index contributed by atoms with van der Waals surface area (Å²) in [4.78, 5) is 29.8. The number of rotatable bonds is 5. The van der Waals surface area contributed by atoms with E-state index in [0.717, 1.165) is 32.4 Å². The second-order valence-electron chi connectivity index (χ2n) is 9.22. The topological polar surface area (TPSA) is 40.6 Å². The van der Waals surface area contributed by atoms with Crippen molar-refractivity contribution in [2.24, 2.45) is 11.3 Å². The first-order valence-corrected chi connectivity index (χ1v) is 10.6. The first-order valence-electron chi connectivity index (χ1n) is 10.6. The van der Waals surface area contributed by atoms with Crippen molar-refractivity contribution in [1.82, 2.24) is 9.80 Å². The maximum absolute atomic E-state index is 13.3. The summed E-state index contributed by atoms with van der Waals surface area (Å²) >= 11 is 0. The number of benzene rings is 1. The van der Waals surface area contributed by atoms with Crippen LogP contribution in [0.4, 0.5) is 0 Å². The number of hydrogen-bond acceptors (Lipinski definition) is 2. The van der Waals surface area contributed by atoms with Crippen LogP contribution in [-0.2, 0) is 16.1 Å². The summed E-state index contributed by atoms with van der Waals surface area (Å²) in [6.45, 7) is 7.32. The fourth-order valence-electron chi connectivity index (χ4n) is 4.69. The van der Waals surface area contributed by atoms with Crippen LogP contribution in [0.15, 0.2) is 24.3 Å². The Labute approximate surface area is 162 Å². The van der Waals surface area contributed by atoms with E-state index in [-0.39, 0.29) is 17.2 Å². The summed E-state index contributed by atoms with van der Waals surface area (Å²) in [5.74, 6) is 1.67. The lowest BCUT2D eigenvalue weighted by Gasteiger charge is -2.39. The largest absolute Gasteiger partial charge is 0.342 e. The van der Waals surface area contributed by atoms with E-state index in [0.29, 0.717) is 31.3 Å². The Hall–Kier alpha value is -1.84. The van der Waals surface area contributed by atoms with E-state index in [1.54, 1.807) is 0 Å². The van der Waals surface area contributed by atoms with Crippen LogP contribution >= 0.6 is 0 Å². The molecule has 0 N–H and O–H groups in total. The maximum atomic E-state index is 13.3. The summed E-state index contributed by atoms with van der Waals surface area (Å²) < 4.78 is 0. The Kier molecular flexibility index (Phi) is 5.00. The Morgan fingerprint density at radius 3 is 2.56 bits per heavy atom. The molecular weight excluding hydrogens is 336 g/mol. The van der Waals surface area contributed by atoms with Gasteiger partial charge in [-0.05, 0) is 55.1 Å². The number of piperidine rings is 1. The van der Waals surface area contributed by atoms with Crippen molar-refractivity contribution in [3.05, 3.63) is 35.4 Å². The minimum absolute atomic E-state index is 0.267. The molecule has 4 heteroatoms. The molecular formula is C23H32N2O2. The van der Waals surface area contributed by atoms with Gasteiger partial charge in [0.1, 0.15) is 0 Å². The summed E-state index contributed by atoms with van der Waals surface area (Å²) in [5, 5.41) is 0. The highest BCUT2D eigenvalue weighted by Gasteiger charge is 2.49. The molecule has 1 aromatic carbocycles. The molecule has 2 saturated heterocycles. The van der Waals surface area contributed by atoms with Gasteiger partial charge in [-0.25, -0.2) is 0 Å². The van der Waals surface area contributed by atoms with Gasteiger partial charge >= 0.3 is 0 Å². The van der Waals surface area contributed by atoms with E-state index in [1.165, 1.54) is 24.0 Å². The van der Waals surface area contributed by atoms with Crippen LogP contribution in [0, 0.1) is 11.3 Å². The molecule has 0 radical (unpaired) electrons. The molecule has 4 rings (SSSR count). The molecule has 1 atom stereocenters. The number of likely N-dealkylation sites (tertiary alicyclic amines) is 2. The van der Waals surface area contributed by atoms with Crippen LogP contribution in [0.25, 0.3) is 0 Å². The van der Waals surface area contributed by atoms with E-state index in [2.05, 4.69) is 38.1 Å². The lowest BCUT2D eigenvalue weighted by atomic mass is 9.78. The molecule has 27 heavy (non-hydrogen) atoms. The van der Waals surface area contributed by atoms with Crippen molar-refractivity contribution >= 4 is 11.8 Å². The Bertz CT molecular complexity index is 708. The monoisotopic (exact) mass is 368 g/mol. The van der Waals surface area contributed by atoms with Gasteiger partial charge in [0, 0.05) is 32.6 Å². The number of carbonyl (C=O) groups excluding carboxylic acids is 2. The van der Waals surface area contributed by atoms with Crippen molar-refractivity contribution in [1.29, 1.82) is 0 Å². The fraction of sp³-hybridized carbons (Fsp3) is 0.652. The third-order valence-corrected chi connectivity index (χ3v) is 6.71. The molecule has 2 heterocycles. The lowest BCUT2D eigenvalue weighted by Crippen LogP contribution is -2.50. The zero-order chi connectivity index (χ0) is 19.0. The minimum Gasteiger partial charge on any atom is -0.342 e. The van der Waals surface area contributed by atoms with Crippen LogP contribution < -0.4 is 0 Å². The van der Waals surface area contributed by atoms with Crippen LogP contribution in [0.5, 0.6) is 0 Å². The molecule has 4 nitrogen and oxygen atoms in total. The molecule has 2 amide bonds. The zero-order valence-corrected chi connectivity index (χ0v) is 16.7. The summed E-state index contributed by atoms with van der Waals surface area (Å²) in [6, 6.07) is 8.67. The highest BCUT2D eigenvalue weighted by Crippen LogP contribution is 2.41. The minimum atomic E-state index is -0.324. The van der Waals surface area contributed by atoms with Gasteiger partial charge in [0.2, 0.25) is 11.8 Å². The van der Waals surface area contributed by atoms with Gasteiger partial charge in [-0.15, -0.1) is 0 Å². The van der Waals surface area contributed by atoms with Gasteiger partial charge in [-0.2, -0.15) is 0 Å². The summed E-state index contributed by atoms with van der Waals surface area (Å²) in [6.07, 6.45) is 5.91. The van der Waals surface area contributed by atoms with E-state index in [4.69, 9.17) is 0 Å². The number of nitrogens with zero attached hydrogens (tertiary/aromatic N) is 2. The molecule has 2 aliphatic heterocycles. The number of amides is 2. The fourth-order valence-corrected chi connectivity index (χ4v) is 4.69. The second kappa shape index (κ2) is 7.29. The Morgan fingerprint density at radius 2 is 1.89 bits per heavy atom. The lowest BCUT2D eigenvalue weighted by molar-refractivity contribution is -0.146. The Balaban J connectivity index is 1.40. The van der Waals surface area contributed by atoms with Gasteiger partial charge in [0.25, 0.3) is 0 Å². The van der Waals surface area contributed by atoms with Crippen molar-refractivity contribution in [3.8, 4) is 0 Å². The predicted octanol–water partition coefficient (Wildman–Crippen LogP) is 3.95. The molecule has 1 unspecified atom stereocenters. The van der Waals surface area contributed by atoms with Gasteiger partial charge in [-0.1, -0.05) is 38.1 Å². The molecule has 146 valence electrons. The van der Waals surface area contributed by atoms with Crippen LogP contribution in [0.2, 0.25) is 0 Å². The highest BCUT2D eigenvalue weighted by molar-refractivity contribution is 5.86. The van der Waals surface area contributed by atoms with Crippen LogP contribution in [0.3, 0.4) is 0 Å². The van der Waals surface area contributed by atoms with Crippen LogP contribution in [0.1, 0.15) is 69.4 Å². The van der Waals surface area contributed by atoms with E-state index in [9.17, 15) is 9.59 Å². The third kappa shape index (κ3) is 3.90. The number of carbonyl (C=O) groups is 2. The SMILES string of the molecule is CC(C)c1ccc(CN2CCCC3(CCN(C(=O)CC4CC4)C3)C2=O)cc1. The van der Waals surface area contributed by atoms with Gasteiger partial charge in [-0.3, -0.25) is 9.59 Å². The van der Waals surface area contributed by atoms with Gasteiger partial charge < -0.3 is 9.80 Å².